The third-order valence-corrected chi connectivity index (χ3v) is 4.04. The maximum Gasteiger partial charge on any atom is 0.258 e. The first-order valence-corrected chi connectivity index (χ1v) is 7.56. The van der Waals surface area contributed by atoms with Gasteiger partial charge in [-0.1, -0.05) is 12.1 Å². The number of aromatic amines is 1. The molecule has 1 aromatic heterocycles. The lowest BCUT2D eigenvalue weighted by Crippen LogP contribution is -2.46. The van der Waals surface area contributed by atoms with Crippen molar-refractivity contribution in [3.8, 4) is 6.07 Å². The van der Waals surface area contributed by atoms with Gasteiger partial charge < -0.3 is 4.98 Å². The van der Waals surface area contributed by atoms with E-state index in [2.05, 4.69) is 25.8 Å². The monoisotopic (exact) mass is 297 g/mol. The molecule has 1 N–H and O–H groups in total. The molecule has 1 aliphatic rings. The highest BCUT2D eigenvalue weighted by Gasteiger charge is 2.17. The molecule has 0 amide bonds. The Balaban J connectivity index is 1.65. The van der Waals surface area contributed by atoms with E-state index in [1.807, 2.05) is 18.2 Å². The highest BCUT2D eigenvalue weighted by atomic mass is 16.1. The number of nitriles is 1. The Morgan fingerprint density at radius 2 is 1.91 bits per heavy atom. The van der Waals surface area contributed by atoms with E-state index in [0.29, 0.717) is 24.2 Å². The molecular weight excluding hydrogens is 278 g/mol. The van der Waals surface area contributed by atoms with Crippen LogP contribution >= 0.6 is 0 Å². The number of fused-ring (bicyclic) bond motifs is 1. The van der Waals surface area contributed by atoms with E-state index in [9.17, 15) is 4.79 Å². The van der Waals surface area contributed by atoms with Gasteiger partial charge in [-0.05, 0) is 12.1 Å². The van der Waals surface area contributed by atoms with Gasteiger partial charge in [0.1, 0.15) is 5.82 Å². The zero-order valence-electron chi connectivity index (χ0n) is 12.5. The van der Waals surface area contributed by atoms with Gasteiger partial charge in [0, 0.05) is 39.1 Å². The van der Waals surface area contributed by atoms with Gasteiger partial charge in [0.25, 0.3) is 5.56 Å². The number of aromatic nitrogens is 2. The number of H-pyrrole nitrogens is 1. The molecule has 0 atom stereocenters. The Bertz CT molecular complexity index is 740. The summed E-state index contributed by atoms with van der Waals surface area (Å²) in [5.74, 6) is 0.717. The Hall–Kier alpha value is -2.23. The molecule has 2 aromatic rings. The standard InChI is InChI=1S/C16H19N5O/c17-6-3-7-20-8-10-21(11-9-20)12-15-18-14-5-2-1-4-13(14)16(22)19-15/h1-2,4-5H,3,7-12H2,(H,18,19,22). The van der Waals surface area contributed by atoms with Crippen LogP contribution in [0.25, 0.3) is 10.9 Å². The maximum atomic E-state index is 12.1. The van der Waals surface area contributed by atoms with E-state index < -0.39 is 0 Å². The van der Waals surface area contributed by atoms with Crippen LogP contribution in [0.3, 0.4) is 0 Å². The first kappa shape index (κ1) is 14.7. The topological polar surface area (TPSA) is 76.0 Å². The first-order valence-electron chi connectivity index (χ1n) is 7.56. The van der Waals surface area contributed by atoms with Gasteiger partial charge in [0.15, 0.2) is 0 Å². The molecule has 0 radical (unpaired) electrons. The number of nitrogens with one attached hydrogen (secondary N) is 1. The summed E-state index contributed by atoms with van der Waals surface area (Å²) < 4.78 is 0. The van der Waals surface area contributed by atoms with Crippen LogP contribution in [-0.4, -0.2) is 52.5 Å². The zero-order chi connectivity index (χ0) is 15.4. The second kappa shape index (κ2) is 6.69. The highest BCUT2D eigenvalue weighted by molar-refractivity contribution is 5.77. The average molecular weight is 297 g/mol. The van der Waals surface area contributed by atoms with Gasteiger partial charge in [-0.2, -0.15) is 5.26 Å². The van der Waals surface area contributed by atoms with Crippen molar-refractivity contribution in [3.05, 3.63) is 40.4 Å². The Morgan fingerprint density at radius 3 is 2.68 bits per heavy atom. The van der Waals surface area contributed by atoms with E-state index in [-0.39, 0.29) is 5.56 Å². The fourth-order valence-corrected chi connectivity index (χ4v) is 2.80. The number of rotatable bonds is 4. The number of piperazine rings is 1. The molecule has 1 aromatic carbocycles. The van der Waals surface area contributed by atoms with Gasteiger partial charge in [-0.25, -0.2) is 4.98 Å². The van der Waals surface area contributed by atoms with Crippen molar-refractivity contribution in [1.82, 2.24) is 19.8 Å². The minimum absolute atomic E-state index is 0.0757. The molecular formula is C16H19N5O. The number of benzene rings is 1. The Labute approximate surface area is 129 Å². The molecule has 0 aliphatic carbocycles. The van der Waals surface area contributed by atoms with Gasteiger partial charge in [0.2, 0.25) is 0 Å². The number of hydrogen-bond donors (Lipinski definition) is 1. The molecule has 6 nitrogen and oxygen atoms in total. The average Bonchev–Trinajstić information content (AvgIpc) is 2.54. The predicted molar refractivity (Wildman–Crippen MR) is 84.3 cm³/mol. The smallest absolute Gasteiger partial charge is 0.258 e. The van der Waals surface area contributed by atoms with Gasteiger partial charge >= 0.3 is 0 Å². The summed E-state index contributed by atoms with van der Waals surface area (Å²) in [6, 6.07) is 9.59. The van der Waals surface area contributed by atoms with Gasteiger partial charge in [-0.3, -0.25) is 14.6 Å². The molecule has 114 valence electrons. The van der Waals surface area contributed by atoms with Crippen LogP contribution in [0.1, 0.15) is 12.2 Å². The lowest BCUT2D eigenvalue weighted by Gasteiger charge is -2.33. The zero-order valence-corrected chi connectivity index (χ0v) is 12.5. The van der Waals surface area contributed by atoms with Crippen LogP contribution in [0.15, 0.2) is 29.1 Å². The summed E-state index contributed by atoms with van der Waals surface area (Å²) in [5, 5.41) is 9.26. The fourth-order valence-electron chi connectivity index (χ4n) is 2.80. The summed E-state index contributed by atoms with van der Waals surface area (Å²) >= 11 is 0. The molecule has 0 unspecified atom stereocenters. The largest absolute Gasteiger partial charge is 0.309 e. The summed E-state index contributed by atoms with van der Waals surface area (Å²) in [4.78, 5) is 24.1. The van der Waals surface area contributed by atoms with Crippen LogP contribution in [0.5, 0.6) is 0 Å². The third-order valence-electron chi connectivity index (χ3n) is 4.04. The van der Waals surface area contributed by atoms with Crippen molar-refractivity contribution in [2.24, 2.45) is 0 Å². The van der Waals surface area contributed by atoms with Crippen LogP contribution in [0.4, 0.5) is 0 Å². The summed E-state index contributed by atoms with van der Waals surface area (Å²) in [5.41, 5.74) is 0.669. The molecule has 1 fully saturated rings. The SMILES string of the molecule is N#CCCN1CCN(Cc2nc3ccccc3c(=O)[nH]2)CC1. The van der Waals surface area contributed by atoms with Crippen LogP contribution in [0.2, 0.25) is 0 Å². The van der Waals surface area contributed by atoms with Crippen LogP contribution in [0, 0.1) is 11.3 Å². The van der Waals surface area contributed by atoms with E-state index in [0.717, 1.165) is 38.2 Å². The van der Waals surface area contributed by atoms with Crippen LogP contribution in [-0.2, 0) is 6.54 Å². The Morgan fingerprint density at radius 1 is 1.18 bits per heavy atom. The van der Waals surface area contributed by atoms with Crippen molar-refractivity contribution in [2.45, 2.75) is 13.0 Å². The van der Waals surface area contributed by atoms with E-state index in [1.54, 1.807) is 6.07 Å². The van der Waals surface area contributed by atoms with Gasteiger partial charge in [-0.15, -0.1) is 0 Å². The second-order valence-electron chi connectivity index (χ2n) is 5.56. The molecule has 1 aliphatic heterocycles. The normalized spacial score (nSPS) is 16.7. The van der Waals surface area contributed by atoms with Crippen molar-refractivity contribution in [3.63, 3.8) is 0 Å². The minimum atomic E-state index is -0.0757. The summed E-state index contributed by atoms with van der Waals surface area (Å²) in [6.45, 7) is 5.28. The highest BCUT2D eigenvalue weighted by Crippen LogP contribution is 2.09. The summed E-state index contributed by atoms with van der Waals surface area (Å²) in [7, 11) is 0. The quantitative estimate of drug-likeness (QED) is 0.909. The van der Waals surface area contributed by atoms with E-state index in [4.69, 9.17) is 5.26 Å². The number of hydrogen-bond acceptors (Lipinski definition) is 5. The third kappa shape index (κ3) is 3.32. The molecule has 0 spiro atoms. The molecule has 0 bridgehead atoms. The lowest BCUT2D eigenvalue weighted by molar-refractivity contribution is 0.127. The predicted octanol–water partition coefficient (Wildman–Crippen LogP) is 0.954. The fraction of sp³-hybridized carbons (Fsp3) is 0.438. The van der Waals surface area contributed by atoms with Crippen molar-refractivity contribution in [1.29, 1.82) is 5.26 Å². The molecule has 1 saturated heterocycles. The van der Waals surface area contributed by atoms with Crippen LogP contribution < -0.4 is 5.56 Å². The van der Waals surface area contributed by atoms with Crippen molar-refractivity contribution < 1.29 is 0 Å². The minimum Gasteiger partial charge on any atom is -0.309 e. The number of nitrogens with zero attached hydrogens (tertiary/aromatic N) is 4. The van der Waals surface area contributed by atoms with E-state index in [1.165, 1.54) is 0 Å². The maximum absolute atomic E-state index is 12.1. The first-order chi connectivity index (χ1) is 10.8. The van der Waals surface area contributed by atoms with Crippen molar-refractivity contribution >= 4 is 10.9 Å². The molecule has 6 heteroatoms. The van der Waals surface area contributed by atoms with Crippen molar-refractivity contribution in [2.75, 3.05) is 32.7 Å². The second-order valence-corrected chi connectivity index (χ2v) is 5.56. The lowest BCUT2D eigenvalue weighted by atomic mass is 10.2. The summed E-state index contributed by atoms with van der Waals surface area (Å²) in [6.07, 6.45) is 0.583. The van der Waals surface area contributed by atoms with Gasteiger partial charge in [0.05, 0.1) is 23.5 Å². The number of para-hydroxylation sites is 1. The molecule has 3 rings (SSSR count). The Kier molecular flexibility index (Phi) is 4.47. The molecule has 2 heterocycles. The molecule has 0 saturated carbocycles. The van der Waals surface area contributed by atoms with E-state index >= 15 is 0 Å². The molecule has 22 heavy (non-hydrogen) atoms.